The van der Waals surface area contributed by atoms with Gasteiger partial charge in [-0.25, -0.2) is 5.01 Å². The summed E-state index contributed by atoms with van der Waals surface area (Å²) in [5.74, 6) is 0. The van der Waals surface area contributed by atoms with E-state index >= 15 is 0 Å². The first kappa shape index (κ1) is 12.1. The first-order valence-electron chi connectivity index (χ1n) is 5.65. The fourth-order valence-corrected chi connectivity index (χ4v) is 1.94. The van der Waals surface area contributed by atoms with E-state index in [-0.39, 0.29) is 12.1 Å². The number of nitrogens with one attached hydrogen (secondary N) is 1. The van der Waals surface area contributed by atoms with E-state index in [1.165, 1.54) is 0 Å². The van der Waals surface area contributed by atoms with Crippen molar-refractivity contribution in [1.29, 1.82) is 0 Å². The molecule has 1 aliphatic carbocycles. The zero-order chi connectivity index (χ0) is 11.8. The maximum atomic E-state index is 12.0. The number of nitrogens with zero attached hydrogens (tertiary/aromatic N) is 1. The summed E-state index contributed by atoms with van der Waals surface area (Å²) in [5, 5.41) is 2.01. The van der Waals surface area contributed by atoms with E-state index in [2.05, 4.69) is 5.43 Å². The van der Waals surface area contributed by atoms with E-state index in [4.69, 9.17) is 4.74 Å². The summed E-state index contributed by atoms with van der Waals surface area (Å²) in [6.07, 6.45) is -1.53. The molecule has 1 N–H and O–H groups in total. The molecule has 1 saturated carbocycles. The van der Waals surface area contributed by atoms with Crippen molar-refractivity contribution in [2.75, 3.05) is 13.2 Å². The minimum Gasteiger partial charge on any atom is -0.367 e. The smallest absolute Gasteiger partial charge is 0.367 e. The van der Waals surface area contributed by atoms with E-state index in [0.29, 0.717) is 19.0 Å². The van der Waals surface area contributed by atoms with Crippen molar-refractivity contribution in [3.63, 3.8) is 0 Å². The third-order valence-electron chi connectivity index (χ3n) is 2.94. The Balaban J connectivity index is 1.72. The van der Waals surface area contributed by atoms with Crippen LogP contribution >= 0.6 is 0 Å². The first-order valence-corrected chi connectivity index (χ1v) is 5.65. The van der Waals surface area contributed by atoms with Gasteiger partial charge in [0.2, 0.25) is 0 Å². The highest BCUT2D eigenvalue weighted by atomic mass is 19.4. The van der Waals surface area contributed by atoms with Gasteiger partial charge in [-0.3, -0.25) is 5.43 Å². The average Bonchev–Trinajstić information content (AvgIpc) is 2.88. The Morgan fingerprint density at radius 2 is 2.06 bits per heavy atom. The van der Waals surface area contributed by atoms with E-state index in [1.54, 1.807) is 0 Å². The monoisotopic (exact) mass is 238 g/mol. The van der Waals surface area contributed by atoms with Crippen molar-refractivity contribution >= 4 is 0 Å². The van der Waals surface area contributed by atoms with Crippen LogP contribution in [0.4, 0.5) is 13.2 Å². The Morgan fingerprint density at radius 1 is 1.38 bits per heavy atom. The van der Waals surface area contributed by atoms with Crippen LogP contribution in [0, 0.1) is 0 Å². The van der Waals surface area contributed by atoms with Crippen molar-refractivity contribution in [2.45, 2.75) is 50.6 Å². The maximum Gasteiger partial charge on any atom is 0.411 e. The molecule has 1 aliphatic heterocycles. The fraction of sp³-hybridized carbons (Fsp3) is 1.00. The van der Waals surface area contributed by atoms with Crippen LogP contribution in [0.5, 0.6) is 0 Å². The van der Waals surface area contributed by atoms with Crippen LogP contribution < -0.4 is 5.43 Å². The molecule has 2 atom stereocenters. The van der Waals surface area contributed by atoms with Gasteiger partial charge in [-0.05, 0) is 26.2 Å². The summed E-state index contributed by atoms with van der Waals surface area (Å²) in [6, 6.07) is 0.780. The number of rotatable bonds is 4. The zero-order valence-corrected chi connectivity index (χ0v) is 9.26. The Kier molecular flexibility index (Phi) is 3.42. The summed E-state index contributed by atoms with van der Waals surface area (Å²) in [4.78, 5) is 0. The molecule has 0 aromatic heterocycles. The second-order valence-corrected chi connectivity index (χ2v) is 4.69. The average molecular weight is 238 g/mol. The Hall–Kier alpha value is -0.330. The number of hydrogen-bond donors (Lipinski definition) is 1. The van der Waals surface area contributed by atoms with Gasteiger partial charge >= 0.3 is 6.18 Å². The Bertz CT molecular complexity index is 243. The molecule has 0 aromatic rings. The van der Waals surface area contributed by atoms with Crippen LogP contribution in [0.15, 0.2) is 0 Å². The molecule has 16 heavy (non-hydrogen) atoms. The molecule has 3 nitrogen and oxygen atoms in total. The first-order chi connectivity index (χ1) is 7.44. The van der Waals surface area contributed by atoms with Gasteiger partial charge in [0.25, 0.3) is 0 Å². The number of halogens is 3. The van der Waals surface area contributed by atoms with Crippen molar-refractivity contribution < 1.29 is 17.9 Å². The van der Waals surface area contributed by atoms with Gasteiger partial charge in [0.05, 0.1) is 6.10 Å². The predicted molar refractivity (Wildman–Crippen MR) is 52.7 cm³/mol. The lowest BCUT2D eigenvalue weighted by atomic mass is 10.2. The number of hydrogen-bond acceptors (Lipinski definition) is 3. The number of hydrazine groups is 1. The highest BCUT2D eigenvalue weighted by Gasteiger charge is 2.36. The van der Waals surface area contributed by atoms with Gasteiger partial charge in [0, 0.05) is 18.6 Å². The zero-order valence-electron chi connectivity index (χ0n) is 9.26. The molecular formula is C10H17F3N2O. The summed E-state index contributed by atoms with van der Waals surface area (Å²) in [5.41, 5.74) is 3.30. The van der Waals surface area contributed by atoms with Crippen LogP contribution in [0.25, 0.3) is 0 Å². The third kappa shape index (κ3) is 3.61. The van der Waals surface area contributed by atoms with Crippen LogP contribution in [0.2, 0.25) is 0 Å². The van der Waals surface area contributed by atoms with Crippen LogP contribution in [-0.4, -0.2) is 42.5 Å². The second kappa shape index (κ2) is 4.50. The highest BCUT2D eigenvalue weighted by Crippen LogP contribution is 2.25. The lowest BCUT2D eigenvalue weighted by molar-refractivity contribution is -0.184. The van der Waals surface area contributed by atoms with E-state index in [1.807, 2.05) is 11.9 Å². The molecule has 1 unspecified atom stereocenters. The lowest BCUT2D eigenvalue weighted by Gasteiger charge is -2.21. The quantitative estimate of drug-likeness (QED) is 0.806. The summed E-state index contributed by atoms with van der Waals surface area (Å²) in [6.45, 7) is 1.42. The molecule has 0 spiro atoms. The Morgan fingerprint density at radius 3 is 2.62 bits per heavy atom. The SMILES string of the molecule is C[C@@H]1CC(OCC(F)(F)F)CN1NC1CC1. The van der Waals surface area contributed by atoms with Gasteiger partial charge in [-0.2, -0.15) is 13.2 Å². The van der Waals surface area contributed by atoms with Gasteiger partial charge in [-0.1, -0.05) is 0 Å². The van der Waals surface area contributed by atoms with E-state index in [9.17, 15) is 13.2 Å². The molecule has 0 amide bonds. The summed E-state index contributed by atoms with van der Waals surface area (Å²) in [7, 11) is 0. The van der Waals surface area contributed by atoms with Crippen LogP contribution in [-0.2, 0) is 4.74 Å². The predicted octanol–water partition coefficient (Wildman–Crippen LogP) is 1.70. The molecular weight excluding hydrogens is 221 g/mol. The van der Waals surface area contributed by atoms with Crippen molar-refractivity contribution in [3.8, 4) is 0 Å². The molecule has 2 rings (SSSR count). The minimum atomic E-state index is -4.22. The molecule has 2 fully saturated rings. The Labute approximate surface area is 92.9 Å². The summed E-state index contributed by atoms with van der Waals surface area (Å²) >= 11 is 0. The maximum absolute atomic E-state index is 12.0. The molecule has 1 saturated heterocycles. The molecule has 2 aliphatic rings. The topological polar surface area (TPSA) is 24.5 Å². The van der Waals surface area contributed by atoms with E-state index < -0.39 is 12.8 Å². The number of ether oxygens (including phenoxy) is 1. The second-order valence-electron chi connectivity index (χ2n) is 4.69. The summed E-state index contributed by atoms with van der Waals surface area (Å²) < 4.78 is 40.8. The van der Waals surface area contributed by atoms with Gasteiger partial charge < -0.3 is 4.74 Å². The van der Waals surface area contributed by atoms with Gasteiger partial charge in [-0.15, -0.1) is 0 Å². The standard InChI is InChI=1S/C10H17F3N2O/c1-7-4-9(16-6-10(11,12)13)5-15(7)14-8-2-3-8/h7-9,14H,2-6H2,1H3/t7-,9?/m1/s1. The van der Waals surface area contributed by atoms with Crippen molar-refractivity contribution in [3.05, 3.63) is 0 Å². The molecule has 1 heterocycles. The minimum absolute atomic E-state index is 0.249. The number of alkyl halides is 3. The fourth-order valence-electron chi connectivity index (χ4n) is 1.94. The van der Waals surface area contributed by atoms with E-state index in [0.717, 1.165) is 12.8 Å². The molecule has 0 aromatic carbocycles. The molecule has 0 bridgehead atoms. The highest BCUT2D eigenvalue weighted by molar-refractivity contribution is 4.86. The third-order valence-corrected chi connectivity index (χ3v) is 2.94. The molecule has 0 radical (unpaired) electrons. The van der Waals surface area contributed by atoms with Crippen molar-refractivity contribution in [2.24, 2.45) is 0 Å². The molecule has 94 valence electrons. The lowest BCUT2D eigenvalue weighted by Crippen LogP contribution is -2.42. The van der Waals surface area contributed by atoms with Crippen LogP contribution in [0.1, 0.15) is 26.2 Å². The van der Waals surface area contributed by atoms with Crippen LogP contribution in [0.3, 0.4) is 0 Å². The van der Waals surface area contributed by atoms with Gasteiger partial charge in [0.15, 0.2) is 0 Å². The van der Waals surface area contributed by atoms with Crippen molar-refractivity contribution in [1.82, 2.24) is 10.4 Å². The molecule has 6 heteroatoms. The van der Waals surface area contributed by atoms with Gasteiger partial charge in [0.1, 0.15) is 6.61 Å². The largest absolute Gasteiger partial charge is 0.411 e. The normalized spacial score (nSPS) is 32.2.